The van der Waals surface area contributed by atoms with Gasteiger partial charge in [-0.2, -0.15) is 0 Å². The van der Waals surface area contributed by atoms with E-state index in [0.717, 1.165) is 7.11 Å². The van der Waals surface area contributed by atoms with E-state index in [2.05, 4.69) is 25.2 Å². The van der Waals surface area contributed by atoms with E-state index in [1.165, 1.54) is 0 Å². The zero-order valence-corrected chi connectivity index (χ0v) is 3.82. The summed E-state index contributed by atoms with van der Waals surface area (Å²) in [6.45, 7) is 0. The maximum atomic E-state index is 7.00. The van der Waals surface area contributed by atoms with Gasteiger partial charge in [-0.25, -0.2) is 0 Å². The Balaban J connectivity index is 0. The Kier molecular flexibility index (Phi) is 108. The molecule has 0 aromatic carbocycles. The number of aliphatic hydroxyl groups is 1. The minimum absolute atomic E-state index is 1.00. The second kappa shape index (κ2) is 48.8. The Morgan fingerprint density at radius 2 is 1.50 bits per heavy atom. The quantitative estimate of drug-likeness (QED) is 0.468. The Labute approximate surface area is 38.0 Å². The monoisotopic (exact) mass is 130 g/mol. The van der Waals surface area contributed by atoms with Gasteiger partial charge in [0.25, 0.3) is 0 Å². The molecule has 0 atom stereocenters. The van der Waals surface area contributed by atoms with Gasteiger partial charge in [-0.3, -0.25) is 0 Å². The minimum atomic E-state index is 1.00. The molecule has 0 aromatic heterocycles. The molecule has 0 fully saturated rings. The fraction of sp³-hybridized carbons (Fsp3) is 1.00. The van der Waals surface area contributed by atoms with E-state index in [1.807, 2.05) is 0 Å². The van der Waals surface area contributed by atoms with Crippen LogP contribution < -0.4 is 0 Å². The molecule has 0 unspecified atom stereocenters. The predicted molar refractivity (Wildman–Crippen MR) is 14.0 cm³/mol. The van der Waals surface area contributed by atoms with Crippen LogP contribution in [0.25, 0.3) is 0 Å². The van der Waals surface area contributed by atoms with Gasteiger partial charge in [0.1, 0.15) is 0 Å². The van der Waals surface area contributed by atoms with Gasteiger partial charge in [0.15, 0.2) is 0 Å². The van der Waals surface area contributed by atoms with Crippen LogP contribution in [0.2, 0.25) is 0 Å². The van der Waals surface area contributed by atoms with Crippen molar-refractivity contribution in [2.24, 2.45) is 0 Å². The molecule has 1 nitrogen and oxygen atoms in total. The van der Waals surface area contributed by atoms with E-state index >= 15 is 0 Å². The molecule has 0 aliphatic rings. The average molecular weight is 131 g/mol. The van der Waals surface area contributed by atoms with E-state index in [-0.39, 0.29) is 0 Å². The number of hydrogen-bond donors (Lipinski definition) is 1. The van der Waals surface area contributed by atoms with Crippen LogP contribution in [-0.4, -0.2) is 12.2 Å². The Hall–Kier alpha value is 0.769. The molecule has 0 rings (SSSR count). The molecule has 4 heavy (non-hydrogen) atoms. The predicted octanol–water partition coefficient (Wildman–Crippen LogP) is 0.295. The van der Waals surface area contributed by atoms with Gasteiger partial charge in [0, 0.05) is 7.11 Å². The summed E-state index contributed by atoms with van der Waals surface area (Å²) in [5.74, 6) is 0. The van der Waals surface area contributed by atoms with Crippen LogP contribution >= 0.6 is 10.1 Å². The van der Waals surface area contributed by atoms with Gasteiger partial charge in [0.2, 0.25) is 0 Å². The fourth-order valence-corrected chi connectivity index (χ4v) is 0. The van der Waals surface area contributed by atoms with E-state index in [9.17, 15) is 0 Å². The standard InChI is InChI=1S/CH4O.ClH.Cu/c1-2;;/h2H,1H3;1H;/q;;+1/p-1. The van der Waals surface area contributed by atoms with Gasteiger partial charge in [0.05, 0.1) is 0 Å². The van der Waals surface area contributed by atoms with E-state index in [0.29, 0.717) is 0 Å². The number of halogens is 1. The summed E-state index contributed by atoms with van der Waals surface area (Å²) in [6.07, 6.45) is 0. The van der Waals surface area contributed by atoms with Crippen LogP contribution in [0.5, 0.6) is 0 Å². The average Bonchev–Trinajstić information content (AvgIpc) is 1.50. The van der Waals surface area contributed by atoms with Gasteiger partial charge in [-0.15, -0.1) is 0 Å². The SMILES string of the molecule is CO.[Cl][Cu]. The molecule has 32 valence electrons. The molecule has 0 aliphatic heterocycles. The van der Waals surface area contributed by atoms with Crippen molar-refractivity contribution in [2.75, 3.05) is 7.11 Å². The van der Waals surface area contributed by atoms with Crippen LogP contribution in [0.3, 0.4) is 0 Å². The zero-order valence-electron chi connectivity index (χ0n) is 2.13. The van der Waals surface area contributed by atoms with E-state index < -0.39 is 0 Å². The molecule has 0 saturated heterocycles. The van der Waals surface area contributed by atoms with Gasteiger partial charge in [-0.05, 0) is 0 Å². The first-order chi connectivity index (χ1) is 2.00. The first-order valence-corrected chi connectivity index (χ1v) is 1.86. The van der Waals surface area contributed by atoms with Crippen LogP contribution in [0.4, 0.5) is 0 Å². The van der Waals surface area contributed by atoms with Crippen LogP contribution in [0, 0.1) is 0 Å². The second-order valence-electron chi connectivity index (χ2n) is 0. The molecule has 0 radical (unpaired) electrons. The molecule has 0 bridgehead atoms. The van der Waals surface area contributed by atoms with Crippen molar-refractivity contribution in [1.82, 2.24) is 0 Å². The molecular weight excluding hydrogens is 127 g/mol. The summed E-state index contributed by atoms with van der Waals surface area (Å²) in [5.41, 5.74) is 0. The zero-order chi connectivity index (χ0) is 4.00. The van der Waals surface area contributed by atoms with Crippen molar-refractivity contribution in [3.8, 4) is 0 Å². The summed E-state index contributed by atoms with van der Waals surface area (Å²) in [6, 6.07) is 0. The molecule has 0 spiro atoms. The third-order valence-corrected chi connectivity index (χ3v) is 0. The van der Waals surface area contributed by atoms with E-state index in [4.69, 9.17) is 5.11 Å². The summed E-state index contributed by atoms with van der Waals surface area (Å²) in [7, 11) is 5.20. The maximum absolute atomic E-state index is 7.00. The van der Waals surface area contributed by atoms with Crippen LogP contribution in [0.15, 0.2) is 0 Å². The number of aliphatic hydroxyl groups excluding tert-OH is 1. The number of rotatable bonds is 0. The second-order valence-corrected chi connectivity index (χ2v) is 0. The molecule has 3 heteroatoms. The molecule has 0 aliphatic carbocycles. The molecule has 1 N–H and O–H groups in total. The summed E-state index contributed by atoms with van der Waals surface area (Å²) < 4.78 is 0. The van der Waals surface area contributed by atoms with Crippen molar-refractivity contribution < 1.29 is 20.2 Å². The van der Waals surface area contributed by atoms with Crippen molar-refractivity contribution in [3.05, 3.63) is 0 Å². The molecule has 0 aromatic rings. The number of hydrogen-bond acceptors (Lipinski definition) is 1. The molecule has 0 amide bonds. The Morgan fingerprint density at radius 1 is 1.50 bits per heavy atom. The Morgan fingerprint density at radius 3 is 1.50 bits per heavy atom. The summed E-state index contributed by atoms with van der Waals surface area (Å²) in [5, 5.41) is 7.00. The van der Waals surface area contributed by atoms with E-state index in [1.54, 1.807) is 0 Å². The van der Waals surface area contributed by atoms with Gasteiger partial charge in [-0.1, -0.05) is 0 Å². The normalized spacial score (nSPS) is 3.25. The third kappa shape index (κ3) is 14.6. The first kappa shape index (κ1) is 8.84. The van der Waals surface area contributed by atoms with Crippen LogP contribution in [0.1, 0.15) is 0 Å². The van der Waals surface area contributed by atoms with Gasteiger partial charge >= 0.3 is 25.2 Å². The van der Waals surface area contributed by atoms with Crippen molar-refractivity contribution in [1.29, 1.82) is 0 Å². The molecule has 0 heterocycles. The fourth-order valence-electron chi connectivity index (χ4n) is 0. The van der Waals surface area contributed by atoms with Gasteiger partial charge < -0.3 is 5.11 Å². The Bertz CT molecular complexity index is 8.00. The van der Waals surface area contributed by atoms with Crippen molar-refractivity contribution in [3.63, 3.8) is 0 Å². The first-order valence-electron chi connectivity index (χ1n) is 0.561. The third-order valence-electron chi connectivity index (χ3n) is 0. The van der Waals surface area contributed by atoms with Crippen molar-refractivity contribution >= 4 is 10.1 Å². The molecule has 0 saturated carbocycles. The summed E-state index contributed by atoms with van der Waals surface area (Å²) >= 11 is 3.66. The van der Waals surface area contributed by atoms with Crippen molar-refractivity contribution in [2.45, 2.75) is 0 Å². The van der Waals surface area contributed by atoms with Crippen LogP contribution in [-0.2, 0) is 15.1 Å². The topological polar surface area (TPSA) is 20.2 Å². The molecular formula is CH4ClCuO. The summed E-state index contributed by atoms with van der Waals surface area (Å²) in [4.78, 5) is 0.